The summed E-state index contributed by atoms with van der Waals surface area (Å²) in [5.41, 5.74) is 0.960. The lowest BCUT2D eigenvalue weighted by atomic mass is 9.85. The number of benzene rings is 1. The molecule has 2 aliphatic carbocycles. The maximum absolute atomic E-state index is 12.8. The highest BCUT2D eigenvalue weighted by Gasteiger charge is 2.59. The van der Waals surface area contributed by atoms with Gasteiger partial charge in [-0.1, -0.05) is 38.1 Å². The molecule has 1 aromatic rings. The Labute approximate surface area is 164 Å². The fourth-order valence-corrected chi connectivity index (χ4v) is 4.93. The van der Waals surface area contributed by atoms with E-state index in [-0.39, 0.29) is 59.9 Å². The van der Waals surface area contributed by atoms with Crippen molar-refractivity contribution in [1.82, 2.24) is 10.2 Å². The number of fused-ring (bicyclic) bond motifs is 5. The lowest BCUT2D eigenvalue weighted by Gasteiger charge is -2.25. The molecule has 0 aromatic heterocycles. The standard InChI is InChI=1S/C22H26N2O4/c1-12(2)20(13-6-8-16(28-3)9-7-13)23-17(25)11-24-21(26)18-14-4-5-15(10-14)19(18)22(24)27/h4-9,12,14-15,18-20H,10-11H2,1-3H3,(H,23,25). The van der Waals surface area contributed by atoms with Crippen molar-refractivity contribution in [2.75, 3.05) is 13.7 Å². The number of carbonyl (C=O) groups is 3. The van der Waals surface area contributed by atoms with Gasteiger partial charge in [0, 0.05) is 0 Å². The Balaban J connectivity index is 1.44. The molecule has 4 rings (SSSR count). The molecular formula is C22H26N2O4. The van der Waals surface area contributed by atoms with Crippen LogP contribution in [0.25, 0.3) is 0 Å². The van der Waals surface area contributed by atoms with Gasteiger partial charge < -0.3 is 10.1 Å². The first-order valence-corrected chi connectivity index (χ1v) is 9.87. The predicted molar refractivity (Wildman–Crippen MR) is 103 cm³/mol. The summed E-state index contributed by atoms with van der Waals surface area (Å²) in [4.78, 5) is 39.4. The zero-order valence-electron chi connectivity index (χ0n) is 16.4. The maximum atomic E-state index is 12.8. The first kappa shape index (κ1) is 18.7. The number of hydrogen-bond acceptors (Lipinski definition) is 4. The van der Waals surface area contributed by atoms with Gasteiger partial charge in [-0.15, -0.1) is 0 Å². The van der Waals surface area contributed by atoms with Gasteiger partial charge in [-0.2, -0.15) is 0 Å². The Morgan fingerprint density at radius 2 is 1.68 bits per heavy atom. The maximum Gasteiger partial charge on any atom is 0.240 e. The molecule has 6 heteroatoms. The van der Waals surface area contributed by atoms with Crippen molar-refractivity contribution >= 4 is 17.7 Å². The molecular weight excluding hydrogens is 356 g/mol. The minimum absolute atomic E-state index is 0.154. The second-order valence-electron chi connectivity index (χ2n) is 8.32. The number of allylic oxidation sites excluding steroid dienone is 2. The number of amides is 3. The molecule has 1 aliphatic heterocycles. The Hall–Kier alpha value is -2.63. The number of nitrogens with zero attached hydrogens (tertiary/aromatic N) is 1. The molecule has 3 aliphatic rings. The Bertz CT molecular complexity index is 799. The quantitative estimate of drug-likeness (QED) is 0.605. The molecule has 0 spiro atoms. The van der Waals surface area contributed by atoms with E-state index in [1.54, 1.807) is 7.11 Å². The zero-order chi connectivity index (χ0) is 20.0. The predicted octanol–water partition coefficient (Wildman–Crippen LogP) is 2.32. The molecule has 1 saturated heterocycles. The summed E-state index contributed by atoms with van der Waals surface area (Å²) in [6.45, 7) is 3.84. The molecule has 2 bridgehead atoms. The normalized spacial score (nSPS) is 28.8. The van der Waals surface area contributed by atoms with Gasteiger partial charge in [0.25, 0.3) is 0 Å². The third-order valence-electron chi connectivity index (χ3n) is 6.32. The van der Waals surface area contributed by atoms with Crippen molar-refractivity contribution in [2.45, 2.75) is 26.3 Å². The van der Waals surface area contributed by atoms with Crippen molar-refractivity contribution in [2.24, 2.45) is 29.6 Å². The van der Waals surface area contributed by atoms with E-state index in [9.17, 15) is 14.4 Å². The number of ether oxygens (including phenoxy) is 1. The van der Waals surface area contributed by atoms with Crippen LogP contribution >= 0.6 is 0 Å². The van der Waals surface area contributed by atoms with Gasteiger partial charge in [-0.25, -0.2) is 0 Å². The monoisotopic (exact) mass is 382 g/mol. The average Bonchev–Trinajstić information content (AvgIpc) is 3.36. The van der Waals surface area contributed by atoms with Crippen molar-refractivity contribution in [1.29, 1.82) is 0 Å². The fourth-order valence-electron chi connectivity index (χ4n) is 4.93. The summed E-state index contributed by atoms with van der Waals surface area (Å²) >= 11 is 0. The van der Waals surface area contributed by atoms with Gasteiger partial charge in [0.05, 0.1) is 25.0 Å². The molecule has 3 amide bonds. The zero-order valence-corrected chi connectivity index (χ0v) is 16.4. The number of imide groups is 1. The van der Waals surface area contributed by atoms with Gasteiger partial charge in [-0.05, 0) is 41.9 Å². The molecule has 1 saturated carbocycles. The summed E-state index contributed by atoms with van der Waals surface area (Å²) in [5, 5.41) is 3.00. The summed E-state index contributed by atoms with van der Waals surface area (Å²) in [6, 6.07) is 7.35. The van der Waals surface area contributed by atoms with Crippen LogP contribution in [-0.2, 0) is 14.4 Å². The number of likely N-dealkylation sites (tertiary alicyclic amines) is 1. The number of nitrogens with one attached hydrogen (secondary N) is 1. The summed E-state index contributed by atoms with van der Waals surface area (Å²) in [6.07, 6.45) is 5.00. The first-order valence-electron chi connectivity index (χ1n) is 9.87. The lowest BCUT2D eigenvalue weighted by Crippen LogP contribution is -2.43. The Morgan fingerprint density at radius 1 is 1.11 bits per heavy atom. The van der Waals surface area contributed by atoms with Crippen LogP contribution in [0.2, 0.25) is 0 Å². The minimum Gasteiger partial charge on any atom is -0.497 e. The highest BCUT2D eigenvalue weighted by molar-refractivity contribution is 6.08. The Morgan fingerprint density at radius 3 is 2.18 bits per heavy atom. The van der Waals surface area contributed by atoms with Crippen molar-refractivity contribution in [3.05, 3.63) is 42.0 Å². The third-order valence-corrected chi connectivity index (χ3v) is 6.32. The minimum atomic E-state index is -0.309. The van der Waals surface area contributed by atoms with E-state index < -0.39 is 0 Å². The molecule has 28 heavy (non-hydrogen) atoms. The largest absolute Gasteiger partial charge is 0.497 e. The van der Waals surface area contributed by atoms with Crippen molar-refractivity contribution in [3.8, 4) is 5.75 Å². The van der Waals surface area contributed by atoms with E-state index in [0.29, 0.717) is 0 Å². The molecule has 1 aromatic carbocycles. The van der Waals surface area contributed by atoms with E-state index >= 15 is 0 Å². The number of methoxy groups -OCH3 is 1. The van der Waals surface area contributed by atoms with Crippen LogP contribution in [-0.4, -0.2) is 36.3 Å². The smallest absolute Gasteiger partial charge is 0.240 e. The summed E-state index contributed by atoms with van der Waals surface area (Å²) in [5.74, 6) is -0.000950. The van der Waals surface area contributed by atoms with Gasteiger partial charge in [0.1, 0.15) is 12.3 Å². The fraction of sp³-hybridized carbons (Fsp3) is 0.500. The van der Waals surface area contributed by atoms with Crippen LogP contribution < -0.4 is 10.1 Å². The van der Waals surface area contributed by atoms with E-state index in [2.05, 4.69) is 17.5 Å². The number of carbonyl (C=O) groups excluding carboxylic acids is 3. The summed E-state index contributed by atoms with van der Waals surface area (Å²) < 4.78 is 5.19. The molecule has 1 heterocycles. The van der Waals surface area contributed by atoms with Gasteiger partial charge in [0.15, 0.2) is 0 Å². The third kappa shape index (κ3) is 3.01. The SMILES string of the molecule is COc1ccc(C(NC(=O)CN2C(=O)C3C4C=CC(C4)C3C2=O)C(C)C)cc1. The molecule has 1 N–H and O–H groups in total. The highest BCUT2D eigenvalue weighted by atomic mass is 16.5. The molecule has 148 valence electrons. The van der Waals surface area contributed by atoms with Crippen LogP contribution in [0.4, 0.5) is 0 Å². The average molecular weight is 382 g/mol. The molecule has 0 radical (unpaired) electrons. The lowest BCUT2D eigenvalue weighted by molar-refractivity contribution is -0.144. The first-order chi connectivity index (χ1) is 13.4. The second kappa shape index (κ2) is 7.08. The van der Waals surface area contributed by atoms with Crippen LogP contribution in [0.3, 0.4) is 0 Å². The second-order valence-corrected chi connectivity index (χ2v) is 8.32. The van der Waals surface area contributed by atoms with Gasteiger partial charge >= 0.3 is 0 Å². The van der Waals surface area contributed by atoms with Crippen LogP contribution in [0.5, 0.6) is 5.75 Å². The van der Waals surface area contributed by atoms with Crippen molar-refractivity contribution < 1.29 is 19.1 Å². The molecule has 2 fully saturated rings. The van der Waals surface area contributed by atoms with Crippen LogP contribution in [0.15, 0.2) is 36.4 Å². The van der Waals surface area contributed by atoms with E-state index in [4.69, 9.17) is 4.74 Å². The summed E-state index contributed by atoms with van der Waals surface area (Å²) in [7, 11) is 1.61. The van der Waals surface area contributed by atoms with E-state index in [1.165, 1.54) is 4.90 Å². The Kier molecular flexibility index (Phi) is 4.73. The topological polar surface area (TPSA) is 75.7 Å². The number of hydrogen-bond donors (Lipinski definition) is 1. The van der Waals surface area contributed by atoms with Gasteiger partial charge in [-0.3, -0.25) is 19.3 Å². The van der Waals surface area contributed by atoms with Crippen LogP contribution in [0, 0.1) is 29.6 Å². The van der Waals surface area contributed by atoms with E-state index in [0.717, 1.165) is 17.7 Å². The molecule has 5 unspecified atom stereocenters. The highest BCUT2D eigenvalue weighted by Crippen LogP contribution is 2.52. The molecule has 5 atom stereocenters. The van der Waals surface area contributed by atoms with Crippen LogP contribution in [0.1, 0.15) is 31.9 Å². The number of rotatable bonds is 6. The van der Waals surface area contributed by atoms with E-state index in [1.807, 2.05) is 38.1 Å². The van der Waals surface area contributed by atoms with Gasteiger partial charge in [0.2, 0.25) is 17.7 Å². The molecule has 6 nitrogen and oxygen atoms in total. The van der Waals surface area contributed by atoms with Crippen molar-refractivity contribution in [3.63, 3.8) is 0 Å².